The standard InChI is InChI=1S/C6H12N2O/c1-5-3-7-4-6(9)8(5)2/h5,7H,3-4H2,1-2H3/t5-/m1/s1. The fourth-order valence-corrected chi connectivity index (χ4v) is 0.895. The minimum Gasteiger partial charge on any atom is -0.341 e. The van der Waals surface area contributed by atoms with Crippen LogP contribution in [0.2, 0.25) is 0 Å². The van der Waals surface area contributed by atoms with Crippen molar-refractivity contribution >= 4 is 5.91 Å². The average Bonchev–Trinajstić information content (AvgIpc) is 1.83. The summed E-state index contributed by atoms with van der Waals surface area (Å²) in [5.74, 6) is 0.189. The summed E-state index contributed by atoms with van der Waals surface area (Å²) in [7, 11) is 1.84. The highest BCUT2D eigenvalue weighted by Gasteiger charge is 2.19. The van der Waals surface area contributed by atoms with E-state index < -0.39 is 0 Å². The van der Waals surface area contributed by atoms with Gasteiger partial charge in [-0.05, 0) is 6.92 Å². The molecule has 0 bridgehead atoms. The second-order valence-electron chi connectivity index (χ2n) is 2.48. The summed E-state index contributed by atoms with van der Waals surface area (Å²) < 4.78 is 0. The molecule has 1 aliphatic heterocycles. The van der Waals surface area contributed by atoms with E-state index in [1.54, 1.807) is 4.90 Å². The van der Waals surface area contributed by atoms with Crippen LogP contribution in [0.5, 0.6) is 0 Å². The first kappa shape index (κ1) is 6.55. The van der Waals surface area contributed by atoms with Crippen molar-refractivity contribution in [3.63, 3.8) is 0 Å². The van der Waals surface area contributed by atoms with Crippen molar-refractivity contribution in [1.29, 1.82) is 0 Å². The van der Waals surface area contributed by atoms with E-state index in [9.17, 15) is 4.79 Å². The lowest BCUT2D eigenvalue weighted by atomic mass is 10.2. The second-order valence-corrected chi connectivity index (χ2v) is 2.48. The maximum absolute atomic E-state index is 10.9. The number of carbonyl (C=O) groups is 1. The molecule has 0 aromatic heterocycles. The van der Waals surface area contributed by atoms with Crippen LogP contribution in [-0.2, 0) is 4.79 Å². The maximum atomic E-state index is 10.9. The van der Waals surface area contributed by atoms with Crippen LogP contribution in [0.1, 0.15) is 6.92 Å². The number of rotatable bonds is 0. The first-order valence-electron chi connectivity index (χ1n) is 3.18. The normalized spacial score (nSPS) is 28.9. The number of nitrogens with one attached hydrogen (secondary N) is 1. The molecule has 1 atom stereocenters. The van der Waals surface area contributed by atoms with Gasteiger partial charge in [0.05, 0.1) is 6.54 Å². The van der Waals surface area contributed by atoms with Gasteiger partial charge in [-0.3, -0.25) is 4.79 Å². The lowest BCUT2D eigenvalue weighted by molar-refractivity contribution is -0.132. The molecule has 0 radical (unpaired) electrons. The van der Waals surface area contributed by atoms with Crippen LogP contribution >= 0.6 is 0 Å². The minimum absolute atomic E-state index is 0.189. The lowest BCUT2D eigenvalue weighted by Gasteiger charge is -2.29. The maximum Gasteiger partial charge on any atom is 0.236 e. The molecule has 52 valence electrons. The van der Waals surface area contributed by atoms with Crippen molar-refractivity contribution in [2.45, 2.75) is 13.0 Å². The number of nitrogens with zero attached hydrogens (tertiary/aromatic N) is 1. The number of likely N-dealkylation sites (N-methyl/N-ethyl adjacent to an activating group) is 1. The van der Waals surface area contributed by atoms with Gasteiger partial charge < -0.3 is 10.2 Å². The molecule has 0 aromatic carbocycles. The molecule has 1 heterocycles. The highest BCUT2D eigenvalue weighted by molar-refractivity contribution is 5.79. The van der Waals surface area contributed by atoms with Crippen LogP contribution in [0.4, 0.5) is 0 Å². The van der Waals surface area contributed by atoms with E-state index in [1.165, 1.54) is 0 Å². The number of hydrogen-bond donors (Lipinski definition) is 1. The zero-order valence-electron chi connectivity index (χ0n) is 5.85. The summed E-state index contributed by atoms with van der Waals surface area (Å²) in [5, 5.41) is 3.02. The first-order valence-corrected chi connectivity index (χ1v) is 3.18. The van der Waals surface area contributed by atoms with E-state index in [0.29, 0.717) is 12.6 Å². The predicted octanol–water partition coefficient (Wildman–Crippen LogP) is -0.563. The average molecular weight is 128 g/mol. The Balaban J connectivity index is 2.51. The smallest absolute Gasteiger partial charge is 0.236 e. The molecule has 1 saturated heterocycles. The Hall–Kier alpha value is -0.570. The Kier molecular flexibility index (Phi) is 1.71. The third-order valence-corrected chi connectivity index (χ3v) is 1.77. The largest absolute Gasteiger partial charge is 0.341 e. The summed E-state index contributed by atoms with van der Waals surface area (Å²) in [5.41, 5.74) is 0. The van der Waals surface area contributed by atoms with Crippen LogP contribution in [0, 0.1) is 0 Å². The first-order chi connectivity index (χ1) is 4.22. The Morgan fingerprint density at radius 2 is 2.44 bits per heavy atom. The van der Waals surface area contributed by atoms with Gasteiger partial charge in [0.15, 0.2) is 0 Å². The van der Waals surface area contributed by atoms with Gasteiger partial charge in [-0.25, -0.2) is 0 Å². The van der Waals surface area contributed by atoms with Gasteiger partial charge in [-0.2, -0.15) is 0 Å². The molecule has 1 amide bonds. The van der Waals surface area contributed by atoms with Crippen molar-refractivity contribution in [3.8, 4) is 0 Å². The van der Waals surface area contributed by atoms with Gasteiger partial charge in [0.25, 0.3) is 0 Å². The van der Waals surface area contributed by atoms with Crippen LogP contribution in [0.25, 0.3) is 0 Å². The van der Waals surface area contributed by atoms with E-state index in [1.807, 2.05) is 14.0 Å². The summed E-state index contributed by atoms with van der Waals surface area (Å²) in [6, 6.07) is 0.353. The zero-order valence-corrected chi connectivity index (χ0v) is 5.85. The van der Waals surface area contributed by atoms with Crippen LogP contribution in [0.15, 0.2) is 0 Å². The molecule has 0 aromatic rings. The molecule has 1 rings (SSSR count). The molecule has 1 fully saturated rings. The minimum atomic E-state index is 0.189. The summed E-state index contributed by atoms with van der Waals surface area (Å²) in [6.45, 7) is 3.45. The molecule has 9 heavy (non-hydrogen) atoms. The molecule has 1 N–H and O–H groups in total. The highest BCUT2D eigenvalue weighted by Crippen LogP contribution is 1.98. The number of piperazine rings is 1. The molecule has 0 aliphatic carbocycles. The van der Waals surface area contributed by atoms with Gasteiger partial charge >= 0.3 is 0 Å². The Bertz CT molecular complexity index is 124. The fourth-order valence-electron chi connectivity index (χ4n) is 0.895. The van der Waals surface area contributed by atoms with Gasteiger partial charge in [0, 0.05) is 19.6 Å². The van der Waals surface area contributed by atoms with E-state index in [0.717, 1.165) is 6.54 Å². The Morgan fingerprint density at radius 1 is 1.78 bits per heavy atom. The SMILES string of the molecule is C[C@@H]1CNCC(=O)N1C. The highest BCUT2D eigenvalue weighted by atomic mass is 16.2. The fraction of sp³-hybridized carbons (Fsp3) is 0.833. The summed E-state index contributed by atoms with van der Waals surface area (Å²) in [6.07, 6.45) is 0. The zero-order chi connectivity index (χ0) is 6.85. The summed E-state index contributed by atoms with van der Waals surface area (Å²) >= 11 is 0. The second kappa shape index (κ2) is 2.35. The van der Waals surface area contributed by atoms with E-state index in [-0.39, 0.29) is 5.91 Å². The number of hydrogen-bond acceptors (Lipinski definition) is 2. The van der Waals surface area contributed by atoms with Crippen molar-refractivity contribution in [1.82, 2.24) is 10.2 Å². The van der Waals surface area contributed by atoms with E-state index in [2.05, 4.69) is 5.32 Å². The number of carbonyl (C=O) groups excluding carboxylic acids is 1. The van der Waals surface area contributed by atoms with Crippen molar-refractivity contribution in [2.24, 2.45) is 0 Å². The quantitative estimate of drug-likeness (QED) is 0.474. The lowest BCUT2D eigenvalue weighted by Crippen LogP contribution is -2.51. The third kappa shape index (κ3) is 1.21. The topological polar surface area (TPSA) is 32.3 Å². The van der Waals surface area contributed by atoms with Gasteiger partial charge in [0.2, 0.25) is 5.91 Å². The van der Waals surface area contributed by atoms with Crippen LogP contribution in [-0.4, -0.2) is 37.0 Å². The van der Waals surface area contributed by atoms with Crippen molar-refractivity contribution < 1.29 is 4.79 Å². The molecule has 3 heteroatoms. The number of amides is 1. The van der Waals surface area contributed by atoms with E-state index in [4.69, 9.17) is 0 Å². The van der Waals surface area contributed by atoms with Crippen LogP contribution < -0.4 is 5.32 Å². The van der Waals surface area contributed by atoms with Gasteiger partial charge in [0.1, 0.15) is 0 Å². The van der Waals surface area contributed by atoms with Gasteiger partial charge in [-0.15, -0.1) is 0 Å². The third-order valence-electron chi connectivity index (χ3n) is 1.77. The van der Waals surface area contributed by atoms with Gasteiger partial charge in [-0.1, -0.05) is 0 Å². The monoisotopic (exact) mass is 128 g/mol. The van der Waals surface area contributed by atoms with Crippen molar-refractivity contribution in [3.05, 3.63) is 0 Å². The molecular formula is C6H12N2O. The Morgan fingerprint density at radius 3 is 2.89 bits per heavy atom. The van der Waals surface area contributed by atoms with Crippen LogP contribution in [0.3, 0.4) is 0 Å². The predicted molar refractivity (Wildman–Crippen MR) is 35.1 cm³/mol. The van der Waals surface area contributed by atoms with Crippen molar-refractivity contribution in [2.75, 3.05) is 20.1 Å². The molecule has 0 spiro atoms. The summed E-state index contributed by atoms with van der Waals surface area (Å²) in [4.78, 5) is 12.6. The molecule has 0 saturated carbocycles. The molecule has 1 aliphatic rings. The van der Waals surface area contributed by atoms with E-state index >= 15 is 0 Å². The molecular weight excluding hydrogens is 116 g/mol. The molecule has 0 unspecified atom stereocenters. The Labute approximate surface area is 55.0 Å². The molecule has 3 nitrogen and oxygen atoms in total.